The van der Waals surface area contributed by atoms with Gasteiger partial charge in [0.2, 0.25) is 0 Å². The second kappa shape index (κ2) is 6.70. The first-order valence-corrected chi connectivity index (χ1v) is 6.96. The first-order chi connectivity index (χ1) is 10.1. The van der Waals surface area contributed by atoms with Crippen LogP contribution in [0.2, 0.25) is 0 Å². The van der Waals surface area contributed by atoms with Gasteiger partial charge in [-0.2, -0.15) is 0 Å². The van der Waals surface area contributed by atoms with E-state index in [9.17, 15) is 4.39 Å². The van der Waals surface area contributed by atoms with Crippen molar-refractivity contribution in [3.05, 3.63) is 65.0 Å². The Morgan fingerprint density at radius 1 is 1.05 bits per heavy atom. The van der Waals surface area contributed by atoms with Gasteiger partial charge in [0.05, 0.1) is 13.2 Å². The quantitative estimate of drug-likeness (QED) is 0.654. The van der Waals surface area contributed by atoms with E-state index in [-0.39, 0.29) is 5.82 Å². The van der Waals surface area contributed by atoms with Gasteiger partial charge in [0.25, 0.3) is 0 Å². The smallest absolute Gasteiger partial charge is 0.132 e. The summed E-state index contributed by atoms with van der Waals surface area (Å²) in [7, 11) is 1.51. The van der Waals surface area contributed by atoms with Crippen LogP contribution in [0.3, 0.4) is 0 Å². The largest absolute Gasteiger partial charge is 0.497 e. The van der Waals surface area contributed by atoms with Crippen LogP contribution in [0.15, 0.2) is 42.5 Å². The van der Waals surface area contributed by atoms with Gasteiger partial charge in [-0.25, -0.2) is 9.82 Å². The van der Waals surface area contributed by atoms with Gasteiger partial charge in [0.15, 0.2) is 0 Å². The SMILES string of the molecule is COc1ccc(C(NN)c2ccc(C(C)C)cc2)c(F)c1. The molecule has 0 heterocycles. The molecule has 2 aromatic rings. The Morgan fingerprint density at radius 2 is 1.67 bits per heavy atom. The molecule has 1 unspecified atom stereocenters. The van der Waals surface area contributed by atoms with Gasteiger partial charge in [-0.05, 0) is 23.1 Å². The van der Waals surface area contributed by atoms with Crippen LogP contribution in [0.25, 0.3) is 0 Å². The summed E-state index contributed by atoms with van der Waals surface area (Å²) in [6.45, 7) is 4.27. The lowest BCUT2D eigenvalue weighted by molar-refractivity contribution is 0.410. The molecule has 0 aliphatic carbocycles. The molecule has 2 aromatic carbocycles. The Morgan fingerprint density at radius 3 is 2.14 bits per heavy atom. The van der Waals surface area contributed by atoms with E-state index in [1.807, 2.05) is 24.3 Å². The van der Waals surface area contributed by atoms with Crippen LogP contribution in [0.5, 0.6) is 5.75 Å². The average molecular weight is 288 g/mol. The lowest BCUT2D eigenvalue weighted by atomic mass is 9.95. The average Bonchev–Trinajstić information content (AvgIpc) is 2.50. The van der Waals surface area contributed by atoms with Crippen molar-refractivity contribution in [2.24, 2.45) is 5.84 Å². The molecule has 3 N–H and O–H groups in total. The van der Waals surface area contributed by atoms with Gasteiger partial charge in [-0.1, -0.05) is 44.2 Å². The van der Waals surface area contributed by atoms with Crippen LogP contribution < -0.4 is 16.0 Å². The fourth-order valence-electron chi connectivity index (χ4n) is 2.31. The van der Waals surface area contributed by atoms with Gasteiger partial charge in [-0.3, -0.25) is 5.84 Å². The van der Waals surface area contributed by atoms with Crippen LogP contribution in [0.4, 0.5) is 4.39 Å². The van der Waals surface area contributed by atoms with E-state index >= 15 is 0 Å². The first-order valence-electron chi connectivity index (χ1n) is 6.96. The minimum atomic E-state index is -0.392. The number of hydrogen-bond acceptors (Lipinski definition) is 3. The lowest BCUT2D eigenvalue weighted by Crippen LogP contribution is -2.29. The zero-order valence-corrected chi connectivity index (χ0v) is 12.6. The Bertz CT molecular complexity index is 596. The molecule has 2 rings (SSSR count). The van der Waals surface area contributed by atoms with Crippen molar-refractivity contribution in [3.8, 4) is 5.75 Å². The number of nitrogens with one attached hydrogen (secondary N) is 1. The molecule has 1 atom stereocenters. The van der Waals surface area contributed by atoms with Crippen molar-refractivity contribution in [3.63, 3.8) is 0 Å². The van der Waals surface area contributed by atoms with E-state index in [0.29, 0.717) is 17.2 Å². The molecule has 0 saturated heterocycles. The van der Waals surface area contributed by atoms with E-state index < -0.39 is 6.04 Å². The van der Waals surface area contributed by atoms with Gasteiger partial charge >= 0.3 is 0 Å². The van der Waals surface area contributed by atoms with E-state index in [4.69, 9.17) is 10.6 Å². The molecule has 0 aliphatic rings. The maximum Gasteiger partial charge on any atom is 0.132 e. The molecule has 0 aliphatic heterocycles. The standard InChI is InChI=1S/C17H21FN2O/c1-11(2)12-4-6-13(7-5-12)17(20-19)15-9-8-14(21-3)10-16(15)18/h4-11,17,20H,19H2,1-3H3. The van der Waals surface area contributed by atoms with Crippen molar-refractivity contribution in [2.45, 2.75) is 25.8 Å². The maximum absolute atomic E-state index is 14.2. The fraction of sp³-hybridized carbons (Fsp3) is 0.294. The number of methoxy groups -OCH3 is 1. The highest BCUT2D eigenvalue weighted by Crippen LogP contribution is 2.27. The second-order valence-electron chi connectivity index (χ2n) is 5.31. The Labute approximate surface area is 124 Å². The van der Waals surface area contributed by atoms with Crippen LogP contribution in [0, 0.1) is 5.82 Å². The summed E-state index contributed by atoms with van der Waals surface area (Å²) in [5, 5.41) is 0. The molecule has 0 spiro atoms. The summed E-state index contributed by atoms with van der Waals surface area (Å²) in [5.74, 6) is 6.23. The molecule has 0 fully saturated rings. The Balaban J connectivity index is 2.35. The Kier molecular flexibility index (Phi) is 4.94. The van der Waals surface area contributed by atoms with Gasteiger partial charge in [0.1, 0.15) is 11.6 Å². The monoisotopic (exact) mass is 288 g/mol. The number of hydrogen-bond donors (Lipinski definition) is 2. The number of nitrogens with two attached hydrogens (primary N) is 1. The van der Waals surface area contributed by atoms with Crippen molar-refractivity contribution >= 4 is 0 Å². The summed E-state index contributed by atoms with van der Waals surface area (Å²) >= 11 is 0. The molecule has 0 aromatic heterocycles. The maximum atomic E-state index is 14.2. The van der Waals surface area contributed by atoms with Crippen LogP contribution in [-0.4, -0.2) is 7.11 Å². The number of hydrazine groups is 1. The summed E-state index contributed by atoms with van der Waals surface area (Å²) < 4.78 is 19.2. The summed E-state index contributed by atoms with van der Waals surface area (Å²) in [6, 6.07) is 12.4. The van der Waals surface area contributed by atoms with Gasteiger partial charge in [0, 0.05) is 11.6 Å². The summed E-state index contributed by atoms with van der Waals surface area (Å²) in [6.07, 6.45) is 0. The van der Waals surface area contributed by atoms with Crippen molar-refractivity contribution in [1.29, 1.82) is 0 Å². The third-order valence-electron chi connectivity index (χ3n) is 3.62. The van der Waals surface area contributed by atoms with Crippen molar-refractivity contribution in [2.75, 3.05) is 7.11 Å². The normalized spacial score (nSPS) is 12.5. The number of halogens is 1. The predicted molar refractivity (Wildman–Crippen MR) is 82.6 cm³/mol. The zero-order valence-electron chi connectivity index (χ0n) is 12.6. The minimum Gasteiger partial charge on any atom is -0.497 e. The number of rotatable bonds is 5. The van der Waals surface area contributed by atoms with E-state index in [2.05, 4.69) is 19.3 Å². The highest BCUT2D eigenvalue weighted by atomic mass is 19.1. The van der Waals surface area contributed by atoms with E-state index in [0.717, 1.165) is 5.56 Å². The lowest BCUT2D eigenvalue weighted by Gasteiger charge is -2.19. The van der Waals surface area contributed by atoms with E-state index in [1.54, 1.807) is 12.1 Å². The fourth-order valence-corrected chi connectivity index (χ4v) is 2.31. The molecule has 21 heavy (non-hydrogen) atoms. The third kappa shape index (κ3) is 3.40. The molecule has 3 nitrogen and oxygen atoms in total. The van der Waals surface area contributed by atoms with Gasteiger partial charge < -0.3 is 4.74 Å². The summed E-state index contributed by atoms with van der Waals surface area (Å²) in [5.41, 5.74) is 5.34. The highest BCUT2D eigenvalue weighted by molar-refractivity contribution is 5.37. The molecule has 0 bridgehead atoms. The van der Waals surface area contributed by atoms with Gasteiger partial charge in [-0.15, -0.1) is 0 Å². The second-order valence-corrected chi connectivity index (χ2v) is 5.31. The van der Waals surface area contributed by atoms with Crippen molar-refractivity contribution in [1.82, 2.24) is 5.43 Å². The molecule has 0 radical (unpaired) electrons. The predicted octanol–water partition coefficient (Wildman–Crippen LogP) is 3.51. The third-order valence-corrected chi connectivity index (χ3v) is 3.62. The van der Waals surface area contributed by atoms with Crippen LogP contribution >= 0.6 is 0 Å². The number of ether oxygens (including phenoxy) is 1. The van der Waals surface area contributed by atoms with E-state index in [1.165, 1.54) is 18.7 Å². The molecule has 0 amide bonds. The molecular weight excluding hydrogens is 267 g/mol. The van der Waals surface area contributed by atoms with Crippen LogP contribution in [-0.2, 0) is 0 Å². The number of benzene rings is 2. The molecule has 112 valence electrons. The molecule has 4 heteroatoms. The van der Waals surface area contributed by atoms with Crippen LogP contribution in [0.1, 0.15) is 42.5 Å². The first kappa shape index (κ1) is 15.5. The minimum absolute atomic E-state index is 0.342. The molecular formula is C17H21FN2O. The Hall–Kier alpha value is -1.91. The van der Waals surface area contributed by atoms with Crippen molar-refractivity contribution < 1.29 is 9.13 Å². The topological polar surface area (TPSA) is 47.3 Å². The highest BCUT2D eigenvalue weighted by Gasteiger charge is 2.17. The summed E-state index contributed by atoms with van der Waals surface area (Å²) in [4.78, 5) is 0. The zero-order chi connectivity index (χ0) is 15.4. The molecule has 0 saturated carbocycles.